The van der Waals surface area contributed by atoms with Gasteiger partial charge in [0.2, 0.25) is 0 Å². The maximum absolute atomic E-state index is 12.8. The van der Waals surface area contributed by atoms with Crippen LogP contribution in [-0.2, 0) is 24.4 Å². The number of benzene rings is 4. The minimum Gasteiger partial charge on any atom is -0.497 e. The van der Waals surface area contributed by atoms with E-state index in [-0.39, 0.29) is 31.4 Å². The summed E-state index contributed by atoms with van der Waals surface area (Å²) < 4.78 is 27.6. The molecule has 0 fully saturated rings. The number of hydrogen-bond donors (Lipinski definition) is 0. The zero-order chi connectivity index (χ0) is 33.5. The van der Waals surface area contributed by atoms with Crippen molar-refractivity contribution in [2.75, 3.05) is 40.1 Å². The molecule has 0 N–H and O–H groups in total. The summed E-state index contributed by atoms with van der Waals surface area (Å²) in [5.74, 6) is 1.68. The Labute approximate surface area is 276 Å². The summed E-state index contributed by atoms with van der Waals surface area (Å²) in [6.45, 7) is 5.67. The van der Waals surface area contributed by atoms with Gasteiger partial charge in [0, 0.05) is 23.0 Å². The fourth-order valence-electron chi connectivity index (χ4n) is 5.07. The summed E-state index contributed by atoms with van der Waals surface area (Å²) in [5.41, 5.74) is 3.89. The molecule has 8 heteroatoms. The molecule has 4 aromatic carbocycles. The zero-order valence-corrected chi connectivity index (χ0v) is 27.2. The molecule has 0 aliphatic rings. The van der Waals surface area contributed by atoms with Crippen LogP contribution in [0.15, 0.2) is 97.1 Å². The molecule has 0 heterocycles. The van der Waals surface area contributed by atoms with Gasteiger partial charge in [-0.3, -0.25) is 9.59 Å². The van der Waals surface area contributed by atoms with E-state index in [1.807, 2.05) is 85.8 Å². The van der Waals surface area contributed by atoms with Crippen LogP contribution in [0.4, 0.5) is 0 Å². The number of ether oxygens (including phenoxy) is 5. The number of aryl methyl sites for hydroxylation is 1. The second-order valence-electron chi connectivity index (χ2n) is 11.3. The Balaban J connectivity index is 1.37. The molecule has 0 bridgehead atoms. The lowest BCUT2D eigenvalue weighted by atomic mass is 9.73. The molecule has 47 heavy (non-hydrogen) atoms. The van der Waals surface area contributed by atoms with Gasteiger partial charge in [0.15, 0.2) is 5.78 Å². The molecule has 0 radical (unpaired) electrons. The first-order valence-electron chi connectivity index (χ1n) is 15.6. The molecule has 4 aromatic rings. The predicted molar refractivity (Wildman–Crippen MR) is 179 cm³/mol. The van der Waals surface area contributed by atoms with E-state index < -0.39 is 5.41 Å². The number of methoxy groups -OCH3 is 1. The smallest absolute Gasteiger partial charge is 0.305 e. The molecule has 0 saturated carbocycles. The van der Waals surface area contributed by atoms with Gasteiger partial charge in [-0.15, -0.1) is 0 Å². The second kappa shape index (κ2) is 17.7. The van der Waals surface area contributed by atoms with Crippen molar-refractivity contribution >= 4 is 11.8 Å². The van der Waals surface area contributed by atoms with Crippen molar-refractivity contribution in [2.45, 2.75) is 38.5 Å². The number of hydrogen-bond acceptors (Lipinski definition) is 8. The Hall–Kier alpha value is -4.97. The van der Waals surface area contributed by atoms with Gasteiger partial charge in [-0.25, -0.2) is 0 Å². The molecule has 0 saturated heterocycles. The lowest BCUT2D eigenvalue weighted by Gasteiger charge is -2.31. The van der Waals surface area contributed by atoms with Crippen molar-refractivity contribution in [2.24, 2.45) is 0 Å². The highest BCUT2D eigenvalue weighted by Gasteiger charge is 2.30. The van der Waals surface area contributed by atoms with Crippen molar-refractivity contribution in [3.8, 4) is 23.3 Å². The molecule has 0 aromatic heterocycles. The number of ketones is 1. The van der Waals surface area contributed by atoms with Crippen LogP contribution in [0.1, 0.15) is 58.8 Å². The lowest BCUT2D eigenvalue weighted by Crippen LogP contribution is -2.25. The summed E-state index contributed by atoms with van der Waals surface area (Å²) in [4.78, 5) is 25.5. The van der Waals surface area contributed by atoms with E-state index >= 15 is 0 Å². The minimum absolute atomic E-state index is 0.0367. The van der Waals surface area contributed by atoms with Gasteiger partial charge in [-0.1, -0.05) is 61.0 Å². The average Bonchev–Trinajstić information content (AvgIpc) is 3.10. The number of rotatable bonds is 18. The Kier molecular flexibility index (Phi) is 13.1. The number of nitriles is 1. The van der Waals surface area contributed by atoms with Gasteiger partial charge >= 0.3 is 5.97 Å². The first kappa shape index (κ1) is 34.9. The molecule has 8 nitrogen and oxygen atoms in total. The normalized spacial score (nSPS) is 12.0. The van der Waals surface area contributed by atoms with Crippen LogP contribution >= 0.6 is 0 Å². The molecule has 244 valence electrons. The molecule has 0 aliphatic heterocycles. The Bertz CT molecular complexity index is 1610. The molecule has 1 unspecified atom stereocenters. The number of nitrogens with zero attached hydrogens (tertiary/aromatic N) is 1. The van der Waals surface area contributed by atoms with Crippen molar-refractivity contribution in [1.82, 2.24) is 0 Å². The van der Waals surface area contributed by atoms with Crippen molar-refractivity contribution < 1.29 is 33.3 Å². The van der Waals surface area contributed by atoms with Gasteiger partial charge in [-0.2, -0.15) is 5.26 Å². The summed E-state index contributed by atoms with van der Waals surface area (Å²) in [7, 11) is 1.63. The number of carbonyl (C=O) groups is 2. The Morgan fingerprint density at radius 2 is 1.17 bits per heavy atom. The summed E-state index contributed by atoms with van der Waals surface area (Å²) >= 11 is 0. The lowest BCUT2D eigenvalue weighted by molar-refractivity contribution is -0.145. The molecule has 1 atom stereocenters. The first-order valence-corrected chi connectivity index (χ1v) is 15.6. The van der Waals surface area contributed by atoms with E-state index in [1.165, 1.54) is 0 Å². The number of carbonyl (C=O) groups excluding carboxylic acids is 2. The van der Waals surface area contributed by atoms with Gasteiger partial charge in [-0.05, 0) is 73.0 Å². The topological polar surface area (TPSA) is 104 Å². The molecule has 4 rings (SSSR count). The van der Waals surface area contributed by atoms with Crippen LogP contribution < -0.4 is 9.47 Å². The van der Waals surface area contributed by atoms with Crippen LogP contribution in [0.25, 0.3) is 0 Å². The fraction of sp³-hybridized carbons (Fsp3) is 0.308. The highest BCUT2D eigenvalue weighted by Crippen LogP contribution is 2.38. The third-order valence-corrected chi connectivity index (χ3v) is 7.93. The van der Waals surface area contributed by atoms with Gasteiger partial charge in [0.05, 0.1) is 46.0 Å². The summed E-state index contributed by atoms with van der Waals surface area (Å²) in [6.07, 6.45) is 1.08. The molecular formula is C39H41NO7. The third kappa shape index (κ3) is 10.3. The monoisotopic (exact) mass is 635 g/mol. The summed E-state index contributed by atoms with van der Waals surface area (Å²) in [5, 5.41) is 8.52. The maximum Gasteiger partial charge on any atom is 0.305 e. The quantitative estimate of drug-likeness (QED) is 0.0625. The van der Waals surface area contributed by atoms with E-state index in [0.29, 0.717) is 55.3 Å². The molecule has 0 spiro atoms. The van der Waals surface area contributed by atoms with Gasteiger partial charge < -0.3 is 23.7 Å². The number of esters is 1. The zero-order valence-electron chi connectivity index (χ0n) is 27.2. The maximum atomic E-state index is 12.8. The highest BCUT2D eigenvalue weighted by atomic mass is 16.6. The van der Waals surface area contributed by atoms with E-state index in [2.05, 4.69) is 6.92 Å². The summed E-state index contributed by atoms with van der Waals surface area (Å²) in [6, 6.07) is 32.3. The largest absolute Gasteiger partial charge is 0.497 e. The Morgan fingerprint density at radius 3 is 1.72 bits per heavy atom. The van der Waals surface area contributed by atoms with Crippen molar-refractivity contribution in [3.63, 3.8) is 0 Å². The predicted octanol–water partition coefficient (Wildman–Crippen LogP) is 7.60. The van der Waals surface area contributed by atoms with E-state index in [9.17, 15) is 9.59 Å². The van der Waals surface area contributed by atoms with Crippen LogP contribution in [0.3, 0.4) is 0 Å². The van der Waals surface area contributed by atoms with Gasteiger partial charge in [0.25, 0.3) is 0 Å². The van der Waals surface area contributed by atoms with Crippen LogP contribution in [0, 0.1) is 18.3 Å². The van der Waals surface area contributed by atoms with E-state index in [1.54, 1.807) is 31.4 Å². The second-order valence-corrected chi connectivity index (χ2v) is 11.3. The van der Waals surface area contributed by atoms with Crippen molar-refractivity contribution in [1.29, 1.82) is 5.26 Å². The highest BCUT2D eigenvalue weighted by molar-refractivity contribution is 6.09. The van der Waals surface area contributed by atoms with Gasteiger partial charge in [0.1, 0.15) is 23.9 Å². The molecule has 0 aliphatic carbocycles. The molecular weight excluding hydrogens is 594 g/mol. The fourth-order valence-corrected chi connectivity index (χ4v) is 5.07. The Morgan fingerprint density at radius 1 is 0.681 bits per heavy atom. The standard InChI is InChI=1S/C39H41NO7/c1-29-5-7-30(8-6-29)38(42)31-9-15-35(16-10-31)47-36-19-13-33(14-20-36)39(2,32-11-17-34(43-3)18-12-32)22-21-37(41)46-28-27-45-26-25-44-24-4-23-40/h5-20H,4,21-22,24-28H2,1-3H3. The van der Waals surface area contributed by atoms with E-state index in [4.69, 9.17) is 28.9 Å². The van der Waals surface area contributed by atoms with Crippen LogP contribution in [-0.4, -0.2) is 51.9 Å². The minimum atomic E-state index is -0.501. The molecule has 0 amide bonds. The third-order valence-electron chi connectivity index (χ3n) is 7.93. The van der Waals surface area contributed by atoms with Crippen LogP contribution in [0.2, 0.25) is 0 Å². The van der Waals surface area contributed by atoms with Crippen LogP contribution in [0.5, 0.6) is 17.2 Å². The van der Waals surface area contributed by atoms with Crippen molar-refractivity contribution in [3.05, 3.63) is 125 Å². The first-order chi connectivity index (χ1) is 22.8. The SMILES string of the molecule is COc1ccc(C(C)(CCC(=O)OCCOCCOCCC#N)c2ccc(Oc3ccc(C(=O)c4ccc(C)cc4)cc3)cc2)cc1. The average molecular weight is 636 g/mol. The van der Waals surface area contributed by atoms with E-state index in [0.717, 1.165) is 22.4 Å².